The van der Waals surface area contributed by atoms with Gasteiger partial charge in [-0.3, -0.25) is 4.79 Å². The number of allylic oxidation sites excluding steroid dienone is 3. The lowest BCUT2D eigenvalue weighted by molar-refractivity contribution is -0.137. The number of carbonyl (C=O) groups excluding carboxylic acids is 2. The fraction of sp³-hybridized carbons (Fsp3) is 0.333. The van der Waals surface area contributed by atoms with Crippen LogP contribution in [-0.2, 0) is 14.3 Å². The molecule has 5 heteroatoms. The molecule has 0 amide bonds. The second-order valence-electron chi connectivity index (χ2n) is 2.95. The van der Waals surface area contributed by atoms with Gasteiger partial charge < -0.3 is 4.74 Å². The predicted molar refractivity (Wildman–Crippen MR) is 51.6 cm³/mol. The van der Waals surface area contributed by atoms with Crippen LogP contribution < -0.4 is 0 Å². The Labute approximate surface area is 88.7 Å². The molecule has 0 aliphatic heterocycles. The van der Waals surface area contributed by atoms with Crippen LogP contribution in [0.3, 0.4) is 0 Å². The minimum Gasteiger partial charge on any atom is -0.466 e. The summed E-state index contributed by atoms with van der Waals surface area (Å²) in [6.45, 7) is 1.18. The van der Waals surface area contributed by atoms with Gasteiger partial charge in [0.25, 0.3) is 0 Å². The van der Waals surface area contributed by atoms with Crippen molar-refractivity contribution < 1.29 is 18.7 Å². The summed E-state index contributed by atoms with van der Waals surface area (Å²) in [5.74, 6) is -1.29. The highest BCUT2D eigenvalue weighted by Crippen LogP contribution is 2.33. The largest absolute Gasteiger partial charge is 0.466 e. The van der Waals surface area contributed by atoms with E-state index in [4.69, 9.17) is 0 Å². The van der Waals surface area contributed by atoms with E-state index in [9.17, 15) is 14.0 Å². The van der Waals surface area contributed by atoms with Crippen LogP contribution in [0.5, 0.6) is 0 Å². The van der Waals surface area contributed by atoms with Crippen LogP contribution in [0.1, 0.15) is 6.92 Å². The molecule has 0 fully saturated rings. The summed E-state index contributed by atoms with van der Waals surface area (Å²) in [7, 11) is 1.13. The topological polar surface area (TPSA) is 43.4 Å². The molecule has 0 radical (unpaired) electrons. The van der Waals surface area contributed by atoms with Crippen molar-refractivity contribution in [2.45, 2.75) is 12.6 Å². The Kier molecular flexibility index (Phi) is 2.89. The average molecular weight is 263 g/mol. The monoisotopic (exact) mass is 262 g/mol. The third-order valence-corrected chi connectivity index (χ3v) is 2.65. The van der Waals surface area contributed by atoms with Crippen LogP contribution in [-0.4, -0.2) is 24.5 Å². The van der Waals surface area contributed by atoms with Gasteiger partial charge in [0.2, 0.25) is 0 Å². The normalized spacial score (nSPS) is 26.7. The van der Waals surface area contributed by atoms with E-state index in [1.165, 1.54) is 6.92 Å². The number of hydrogen-bond acceptors (Lipinski definition) is 3. The molecule has 0 aromatic carbocycles. The Morgan fingerprint density at radius 1 is 1.64 bits per heavy atom. The Bertz CT molecular complexity index is 355. The molecule has 0 N–H and O–H groups in total. The van der Waals surface area contributed by atoms with Crippen LogP contribution in [0.15, 0.2) is 22.2 Å². The highest BCUT2D eigenvalue weighted by Gasteiger charge is 2.38. The van der Waals surface area contributed by atoms with Gasteiger partial charge in [0.05, 0.1) is 17.2 Å². The maximum atomic E-state index is 13.8. The SMILES string of the molecule is COC(=O)C1=C(Br)C(=O)C=C[C@]1(C)F. The lowest BCUT2D eigenvalue weighted by Crippen LogP contribution is -2.30. The van der Waals surface area contributed by atoms with Crippen molar-refractivity contribution in [2.24, 2.45) is 0 Å². The van der Waals surface area contributed by atoms with Crippen LogP contribution >= 0.6 is 15.9 Å². The quantitative estimate of drug-likeness (QED) is 0.676. The molecule has 1 rings (SSSR count). The van der Waals surface area contributed by atoms with Crippen LogP contribution in [0.2, 0.25) is 0 Å². The van der Waals surface area contributed by atoms with Gasteiger partial charge >= 0.3 is 5.97 Å². The van der Waals surface area contributed by atoms with E-state index in [-0.39, 0.29) is 10.1 Å². The molecule has 1 atom stereocenters. The standard InChI is InChI=1S/C9H8BrFO3/c1-9(11)4-3-5(12)7(10)6(9)8(13)14-2/h3-4H,1-2H3/t9-/m0/s1. The number of hydrogen-bond donors (Lipinski definition) is 0. The van der Waals surface area contributed by atoms with Gasteiger partial charge in [0.1, 0.15) is 0 Å². The molecule has 0 heterocycles. The van der Waals surface area contributed by atoms with E-state index in [1.807, 2.05) is 0 Å². The summed E-state index contributed by atoms with van der Waals surface area (Å²) in [5, 5.41) is 0. The number of methoxy groups -OCH3 is 1. The second kappa shape index (κ2) is 3.65. The van der Waals surface area contributed by atoms with Crippen LogP contribution in [0, 0.1) is 0 Å². The number of esters is 1. The van der Waals surface area contributed by atoms with Gasteiger partial charge in [-0.1, -0.05) is 0 Å². The van der Waals surface area contributed by atoms with E-state index in [2.05, 4.69) is 20.7 Å². The summed E-state index contributed by atoms with van der Waals surface area (Å²) >= 11 is 2.88. The zero-order valence-electron chi connectivity index (χ0n) is 7.64. The Morgan fingerprint density at radius 3 is 2.71 bits per heavy atom. The van der Waals surface area contributed by atoms with E-state index < -0.39 is 17.4 Å². The first-order valence-electron chi connectivity index (χ1n) is 3.81. The molecule has 0 unspecified atom stereocenters. The van der Waals surface area contributed by atoms with E-state index in [0.717, 1.165) is 19.3 Å². The van der Waals surface area contributed by atoms with Crippen molar-refractivity contribution in [1.82, 2.24) is 0 Å². The van der Waals surface area contributed by atoms with E-state index in [0.29, 0.717) is 0 Å². The Balaban J connectivity index is 3.26. The summed E-state index contributed by atoms with van der Waals surface area (Å²) in [6.07, 6.45) is 2.11. The second-order valence-corrected chi connectivity index (χ2v) is 3.75. The number of ether oxygens (including phenoxy) is 1. The number of halogens is 2. The first kappa shape index (κ1) is 11.1. The molecule has 3 nitrogen and oxygen atoms in total. The van der Waals surface area contributed by atoms with Crippen molar-refractivity contribution in [3.05, 3.63) is 22.2 Å². The molecule has 0 saturated carbocycles. The van der Waals surface area contributed by atoms with Crippen molar-refractivity contribution in [1.29, 1.82) is 0 Å². The van der Waals surface area contributed by atoms with Gasteiger partial charge in [-0.2, -0.15) is 0 Å². The summed E-state index contributed by atoms with van der Waals surface area (Å²) in [6, 6.07) is 0. The van der Waals surface area contributed by atoms with Gasteiger partial charge in [0.15, 0.2) is 11.5 Å². The lowest BCUT2D eigenvalue weighted by atomic mass is 9.91. The van der Waals surface area contributed by atoms with Gasteiger partial charge in [-0.05, 0) is 35.0 Å². The fourth-order valence-corrected chi connectivity index (χ4v) is 1.80. The van der Waals surface area contributed by atoms with Crippen molar-refractivity contribution >= 4 is 27.7 Å². The molecule has 0 saturated heterocycles. The minimum atomic E-state index is -1.97. The molecule has 0 bridgehead atoms. The first-order valence-corrected chi connectivity index (χ1v) is 4.60. The molecule has 1 aliphatic rings. The molecule has 1 aliphatic carbocycles. The van der Waals surface area contributed by atoms with Gasteiger partial charge in [-0.15, -0.1) is 0 Å². The van der Waals surface area contributed by atoms with Crippen LogP contribution in [0.4, 0.5) is 4.39 Å². The molecular formula is C9H8BrFO3. The number of ketones is 1. The van der Waals surface area contributed by atoms with Crippen molar-refractivity contribution in [3.8, 4) is 0 Å². The third-order valence-electron chi connectivity index (χ3n) is 1.86. The third kappa shape index (κ3) is 1.77. The van der Waals surface area contributed by atoms with Crippen molar-refractivity contribution in [2.75, 3.05) is 7.11 Å². The average Bonchev–Trinajstić information content (AvgIpc) is 2.11. The Hall–Kier alpha value is -0.970. The van der Waals surface area contributed by atoms with E-state index in [1.54, 1.807) is 0 Å². The highest BCUT2D eigenvalue weighted by atomic mass is 79.9. The summed E-state index contributed by atoms with van der Waals surface area (Å²) in [5.41, 5.74) is -2.27. The molecule has 0 spiro atoms. The molecule has 76 valence electrons. The van der Waals surface area contributed by atoms with E-state index >= 15 is 0 Å². The molecule has 14 heavy (non-hydrogen) atoms. The van der Waals surface area contributed by atoms with Crippen molar-refractivity contribution in [3.63, 3.8) is 0 Å². The Morgan fingerprint density at radius 2 is 2.21 bits per heavy atom. The number of alkyl halides is 1. The zero-order chi connectivity index (χ0) is 10.9. The van der Waals surface area contributed by atoms with Gasteiger partial charge in [-0.25, -0.2) is 9.18 Å². The van der Waals surface area contributed by atoms with Gasteiger partial charge in [0, 0.05) is 0 Å². The fourth-order valence-electron chi connectivity index (χ4n) is 1.12. The number of rotatable bonds is 1. The lowest BCUT2D eigenvalue weighted by Gasteiger charge is -2.22. The minimum absolute atomic E-state index is 0.0862. The maximum Gasteiger partial charge on any atom is 0.338 e. The highest BCUT2D eigenvalue weighted by molar-refractivity contribution is 9.12. The first-order chi connectivity index (χ1) is 6.40. The zero-order valence-corrected chi connectivity index (χ0v) is 9.22. The molecule has 0 aromatic heterocycles. The molecule has 0 aromatic rings. The smallest absolute Gasteiger partial charge is 0.338 e. The molecular weight excluding hydrogens is 255 g/mol. The maximum absolute atomic E-state index is 13.8. The summed E-state index contributed by atoms with van der Waals surface area (Å²) < 4.78 is 18.1. The predicted octanol–water partition coefficient (Wildman–Crippen LogP) is 1.68. The van der Waals surface area contributed by atoms with Crippen LogP contribution in [0.25, 0.3) is 0 Å². The summed E-state index contributed by atoms with van der Waals surface area (Å²) in [4.78, 5) is 22.3. The number of carbonyl (C=O) groups is 2.